The molecule has 1 aromatic heterocycles. The fourth-order valence-corrected chi connectivity index (χ4v) is 2.98. The molecule has 1 aliphatic rings. The Morgan fingerprint density at radius 3 is 2.50 bits per heavy atom. The first-order chi connectivity index (χ1) is 11.3. The summed E-state index contributed by atoms with van der Waals surface area (Å²) in [5.74, 6) is 0.887. The smallest absolute Gasteiger partial charge is 0.173 e. The zero-order chi connectivity index (χ0) is 16.1. The maximum Gasteiger partial charge on any atom is 0.173 e. The normalized spacial score (nSPS) is 17.4. The van der Waals surface area contributed by atoms with Gasteiger partial charge in [-0.25, -0.2) is 4.68 Å². The molecule has 24 heavy (non-hydrogen) atoms. The molecule has 1 fully saturated rings. The van der Waals surface area contributed by atoms with Crippen molar-refractivity contribution in [3.8, 4) is 0 Å². The van der Waals surface area contributed by atoms with E-state index < -0.39 is 0 Å². The molecule has 0 spiro atoms. The number of benzene rings is 1. The van der Waals surface area contributed by atoms with Gasteiger partial charge in [0.1, 0.15) is 0 Å². The van der Waals surface area contributed by atoms with Crippen molar-refractivity contribution in [2.45, 2.75) is 12.6 Å². The van der Waals surface area contributed by atoms with Gasteiger partial charge in [-0.1, -0.05) is 30.3 Å². The van der Waals surface area contributed by atoms with E-state index in [0.29, 0.717) is 13.2 Å². The second kappa shape index (κ2) is 9.08. The molecule has 3 rings (SSSR count). The van der Waals surface area contributed by atoms with Crippen LogP contribution in [-0.2, 0) is 11.3 Å². The van der Waals surface area contributed by atoms with Crippen LogP contribution in [-0.4, -0.2) is 77.0 Å². The van der Waals surface area contributed by atoms with Crippen LogP contribution in [0.1, 0.15) is 17.4 Å². The van der Waals surface area contributed by atoms with E-state index in [2.05, 4.69) is 56.6 Å². The van der Waals surface area contributed by atoms with Crippen molar-refractivity contribution >= 4 is 0 Å². The number of aromatic nitrogens is 4. The lowest BCUT2D eigenvalue weighted by atomic mass is 10.0. The molecule has 0 amide bonds. The molecular formula is C16H24ClN6O-. The van der Waals surface area contributed by atoms with E-state index in [-0.39, 0.29) is 18.4 Å². The standard InChI is InChI=1S/C16H24N6O.ClH/c1-20-8-10-21(11-9-20)15(14-6-4-3-5-7-14)16-17-18-19-22(16)12-13-23-2;/h3-7,15H,8-13H2,1-2H3;1H/p-1. The molecule has 0 bridgehead atoms. The molecular weight excluding hydrogens is 328 g/mol. The van der Waals surface area contributed by atoms with Gasteiger partial charge in [0.15, 0.2) is 5.82 Å². The number of halogens is 1. The monoisotopic (exact) mass is 351 g/mol. The zero-order valence-electron chi connectivity index (χ0n) is 14.2. The molecule has 1 aromatic carbocycles. The fraction of sp³-hybridized carbons (Fsp3) is 0.562. The van der Waals surface area contributed by atoms with Crippen LogP contribution in [0.4, 0.5) is 0 Å². The van der Waals surface area contributed by atoms with Gasteiger partial charge in [0.05, 0.1) is 19.2 Å². The summed E-state index contributed by atoms with van der Waals surface area (Å²) in [6.45, 7) is 5.39. The average molecular weight is 352 g/mol. The molecule has 0 N–H and O–H groups in total. The first-order valence-electron chi connectivity index (χ1n) is 8.02. The first kappa shape index (κ1) is 18.8. The lowest BCUT2D eigenvalue weighted by Gasteiger charge is -2.37. The minimum absolute atomic E-state index is 0. The van der Waals surface area contributed by atoms with E-state index in [1.807, 2.05) is 10.7 Å². The van der Waals surface area contributed by atoms with Crippen molar-refractivity contribution in [2.24, 2.45) is 0 Å². The lowest BCUT2D eigenvalue weighted by molar-refractivity contribution is -0.00000534. The number of methoxy groups -OCH3 is 1. The van der Waals surface area contributed by atoms with Crippen LogP contribution in [0.15, 0.2) is 30.3 Å². The molecule has 0 saturated carbocycles. The number of tetrazole rings is 1. The molecule has 1 aliphatic heterocycles. The van der Waals surface area contributed by atoms with Gasteiger partial charge >= 0.3 is 0 Å². The minimum Gasteiger partial charge on any atom is -1.00 e. The predicted molar refractivity (Wildman–Crippen MR) is 87.0 cm³/mol. The fourth-order valence-electron chi connectivity index (χ4n) is 2.98. The largest absolute Gasteiger partial charge is 1.00 e. The lowest BCUT2D eigenvalue weighted by Crippen LogP contribution is -3.00. The molecule has 2 heterocycles. The SMILES string of the molecule is COCCn1nnnc1C(c1ccccc1)N1CCN(C)CC1.[Cl-]. The van der Waals surface area contributed by atoms with E-state index in [0.717, 1.165) is 32.0 Å². The Morgan fingerprint density at radius 1 is 1.12 bits per heavy atom. The topological polar surface area (TPSA) is 59.3 Å². The maximum absolute atomic E-state index is 5.18. The molecule has 1 atom stereocenters. The van der Waals surface area contributed by atoms with Crippen LogP contribution >= 0.6 is 0 Å². The van der Waals surface area contributed by atoms with Crippen LogP contribution in [0, 0.1) is 0 Å². The van der Waals surface area contributed by atoms with Crippen molar-refractivity contribution in [3.05, 3.63) is 41.7 Å². The van der Waals surface area contributed by atoms with Crippen LogP contribution in [0.5, 0.6) is 0 Å². The van der Waals surface area contributed by atoms with Crippen LogP contribution in [0.2, 0.25) is 0 Å². The Hall–Kier alpha value is -1.54. The maximum atomic E-state index is 5.18. The number of piperazine rings is 1. The van der Waals surface area contributed by atoms with Gasteiger partial charge in [0.25, 0.3) is 0 Å². The highest BCUT2D eigenvalue weighted by atomic mass is 35.5. The number of nitrogens with zero attached hydrogens (tertiary/aromatic N) is 6. The molecule has 7 nitrogen and oxygen atoms in total. The Morgan fingerprint density at radius 2 is 1.83 bits per heavy atom. The number of hydrogen-bond acceptors (Lipinski definition) is 6. The molecule has 0 radical (unpaired) electrons. The minimum atomic E-state index is 0. The third-order valence-corrected chi connectivity index (χ3v) is 4.33. The summed E-state index contributed by atoms with van der Waals surface area (Å²) in [6, 6.07) is 10.6. The van der Waals surface area contributed by atoms with Crippen molar-refractivity contribution in [2.75, 3.05) is 46.9 Å². The summed E-state index contributed by atoms with van der Waals surface area (Å²) in [5, 5.41) is 12.4. The second-order valence-corrected chi connectivity index (χ2v) is 5.91. The summed E-state index contributed by atoms with van der Waals surface area (Å²) in [6.07, 6.45) is 0. The Labute approximate surface area is 149 Å². The van der Waals surface area contributed by atoms with E-state index in [9.17, 15) is 0 Å². The van der Waals surface area contributed by atoms with Gasteiger partial charge in [-0.3, -0.25) is 4.90 Å². The summed E-state index contributed by atoms with van der Waals surface area (Å²) in [4.78, 5) is 4.82. The number of likely N-dealkylation sites (N-methyl/N-ethyl adjacent to an activating group) is 1. The first-order valence-corrected chi connectivity index (χ1v) is 8.02. The highest BCUT2D eigenvalue weighted by Crippen LogP contribution is 2.27. The van der Waals surface area contributed by atoms with Crippen molar-refractivity contribution < 1.29 is 17.1 Å². The molecule has 2 aromatic rings. The number of hydrogen-bond donors (Lipinski definition) is 0. The number of ether oxygens (including phenoxy) is 1. The van der Waals surface area contributed by atoms with E-state index in [1.165, 1.54) is 5.56 Å². The van der Waals surface area contributed by atoms with Crippen LogP contribution in [0.3, 0.4) is 0 Å². The highest BCUT2D eigenvalue weighted by molar-refractivity contribution is 5.24. The van der Waals surface area contributed by atoms with E-state index >= 15 is 0 Å². The molecule has 132 valence electrons. The van der Waals surface area contributed by atoms with Crippen molar-refractivity contribution in [3.63, 3.8) is 0 Å². The van der Waals surface area contributed by atoms with Crippen molar-refractivity contribution in [1.82, 2.24) is 30.0 Å². The summed E-state index contributed by atoms with van der Waals surface area (Å²) >= 11 is 0. The van der Waals surface area contributed by atoms with Gasteiger partial charge in [-0.2, -0.15) is 0 Å². The van der Waals surface area contributed by atoms with E-state index in [4.69, 9.17) is 4.74 Å². The van der Waals surface area contributed by atoms with Gasteiger partial charge in [0, 0.05) is 33.3 Å². The Bertz CT molecular complexity index is 600. The predicted octanol–water partition coefficient (Wildman–Crippen LogP) is -2.34. The number of rotatable bonds is 6. The average Bonchev–Trinajstić information content (AvgIpc) is 3.04. The molecule has 8 heteroatoms. The van der Waals surface area contributed by atoms with Gasteiger partial charge < -0.3 is 22.0 Å². The Balaban J connectivity index is 0.00000208. The molecule has 0 aliphatic carbocycles. The van der Waals surface area contributed by atoms with E-state index in [1.54, 1.807) is 7.11 Å². The summed E-state index contributed by atoms with van der Waals surface area (Å²) in [5.41, 5.74) is 1.23. The van der Waals surface area contributed by atoms with Gasteiger partial charge in [-0.15, -0.1) is 5.10 Å². The zero-order valence-corrected chi connectivity index (χ0v) is 14.9. The second-order valence-electron chi connectivity index (χ2n) is 5.91. The molecule has 1 unspecified atom stereocenters. The quantitative estimate of drug-likeness (QED) is 0.581. The van der Waals surface area contributed by atoms with Gasteiger partial charge in [-0.05, 0) is 23.0 Å². The van der Waals surface area contributed by atoms with Gasteiger partial charge in [0.2, 0.25) is 0 Å². The summed E-state index contributed by atoms with van der Waals surface area (Å²) in [7, 11) is 3.86. The van der Waals surface area contributed by atoms with Crippen LogP contribution < -0.4 is 12.4 Å². The van der Waals surface area contributed by atoms with Crippen molar-refractivity contribution in [1.29, 1.82) is 0 Å². The summed E-state index contributed by atoms with van der Waals surface area (Å²) < 4.78 is 7.04. The Kier molecular flexibility index (Phi) is 7.11. The highest BCUT2D eigenvalue weighted by Gasteiger charge is 2.29. The van der Waals surface area contributed by atoms with Crippen LogP contribution in [0.25, 0.3) is 0 Å². The third-order valence-electron chi connectivity index (χ3n) is 4.33. The molecule has 1 saturated heterocycles. The third kappa shape index (κ3) is 4.30.